The van der Waals surface area contributed by atoms with Crippen LogP contribution in [-0.4, -0.2) is 49.7 Å². The topological polar surface area (TPSA) is 107 Å². The van der Waals surface area contributed by atoms with Crippen molar-refractivity contribution in [1.82, 2.24) is 4.90 Å². The van der Waals surface area contributed by atoms with Gasteiger partial charge in [-0.1, -0.05) is 13.8 Å². The van der Waals surface area contributed by atoms with Crippen LogP contribution in [0.4, 0.5) is 0 Å². The molecule has 5 nitrogen and oxygen atoms in total. The Balaban J connectivity index is 4.40. The molecule has 3 atom stereocenters. The van der Waals surface area contributed by atoms with Gasteiger partial charge in [-0.15, -0.1) is 0 Å². The molecule has 98 valence electrons. The van der Waals surface area contributed by atoms with E-state index in [9.17, 15) is 0 Å². The third kappa shape index (κ3) is 5.23. The molecule has 0 rings (SSSR count). The van der Waals surface area contributed by atoms with Gasteiger partial charge in [0.05, 0.1) is 0 Å². The molecular formula is C11H29N5. The Morgan fingerprint density at radius 1 is 1.00 bits per heavy atom. The second-order valence-electron chi connectivity index (χ2n) is 4.29. The van der Waals surface area contributed by atoms with Crippen LogP contribution >= 0.6 is 0 Å². The highest BCUT2D eigenvalue weighted by molar-refractivity contribution is 4.85. The van der Waals surface area contributed by atoms with E-state index in [0.29, 0.717) is 13.1 Å². The third-order valence-electron chi connectivity index (χ3n) is 3.24. The standard InChI is InChI=1S/C11H29N5/c1-3-16(4-2)8-9(11(15)7-13)10(14)5-6-12/h9-11H,3-8,12-15H2,1-2H3. The summed E-state index contributed by atoms with van der Waals surface area (Å²) in [6, 6.07) is 0.00583. The lowest BCUT2D eigenvalue weighted by Gasteiger charge is -2.33. The molecule has 0 aliphatic carbocycles. The molecule has 0 saturated carbocycles. The van der Waals surface area contributed by atoms with Crippen molar-refractivity contribution in [2.75, 3.05) is 32.7 Å². The van der Waals surface area contributed by atoms with E-state index in [4.69, 9.17) is 22.9 Å². The monoisotopic (exact) mass is 231 g/mol. The van der Waals surface area contributed by atoms with Crippen LogP contribution in [0.25, 0.3) is 0 Å². The molecule has 0 bridgehead atoms. The van der Waals surface area contributed by atoms with Crippen molar-refractivity contribution in [3.8, 4) is 0 Å². The molecule has 5 heteroatoms. The first-order valence-corrected chi connectivity index (χ1v) is 6.24. The first-order valence-electron chi connectivity index (χ1n) is 6.24. The number of hydrogen-bond donors (Lipinski definition) is 4. The molecule has 0 saturated heterocycles. The average Bonchev–Trinajstić information content (AvgIpc) is 2.30. The van der Waals surface area contributed by atoms with Gasteiger partial charge in [0, 0.05) is 31.1 Å². The largest absolute Gasteiger partial charge is 0.330 e. The van der Waals surface area contributed by atoms with Crippen molar-refractivity contribution in [2.24, 2.45) is 28.9 Å². The molecule has 8 N–H and O–H groups in total. The minimum atomic E-state index is -0.0397. The maximum atomic E-state index is 6.12. The molecule has 0 aromatic rings. The lowest BCUT2D eigenvalue weighted by atomic mass is 9.90. The normalized spacial score (nSPS) is 17.4. The predicted molar refractivity (Wildman–Crippen MR) is 70.0 cm³/mol. The quantitative estimate of drug-likeness (QED) is 0.403. The Bertz CT molecular complexity index is 160. The first-order chi connectivity index (χ1) is 7.60. The predicted octanol–water partition coefficient (Wildman–Crippen LogP) is -1.09. The van der Waals surface area contributed by atoms with E-state index in [0.717, 1.165) is 26.1 Å². The summed E-state index contributed by atoms with van der Waals surface area (Å²) in [7, 11) is 0. The van der Waals surface area contributed by atoms with Gasteiger partial charge < -0.3 is 27.8 Å². The van der Waals surface area contributed by atoms with Gasteiger partial charge in [-0.05, 0) is 26.1 Å². The molecule has 0 fully saturated rings. The number of nitrogens with two attached hydrogens (primary N) is 4. The third-order valence-corrected chi connectivity index (χ3v) is 3.24. The maximum Gasteiger partial charge on any atom is 0.0218 e. The van der Waals surface area contributed by atoms with Crippen molar-refractivity contribution in [1.29, 1.82) is 0 Å². The van der Waals surface area contributed by atoms with E-state index < -0.39 is 0 Å². The van der Waals surface area contributed by atoms with Gasteiger partial charge in [0.15, 0.2) is 0 Å². The Kier molecular flexibility index (Phi) is 8.78. The van der Waals surface area contributed by atoms with Gasteiger partial charge in [0.2, 0.25) is 0 Å². The Morgan fingerprint density at radius 2 is 1.56 bits per heavy atom. The van der Waals surface area contributed by atoms with Gasteiger partial charge in [-0.3, -0.25) is 0 Å². The first kappa shape index (κ1) is 15.8. The fourth-order valence-electron chi connectivity index (χ4n) is 1.95. The van der Waals surface area contributed by atoms with E-state index in [2.05, 4.69) is 18.7 Å². The van der Waals surface area contributed by atoms with Crippen molar-refractivity contribution >= 4 is 0 Å². The minimum Gasteiger partial charge on any atom is -0.330 e. The smallest absolute Gasteiger partial charge is 0.0218 e. The molecule has 0 amide bonds. The van der Waals surface area contributed by atoms with Crippen LogP contribution < -0.4 is 22.9 Å². The molecule has 16 heavy (non-hydrogen) atoms. The highest BCUT2D eigenvalue weighted by Gasteiger charge is 2.24. The summed E-state index contributed by atoms with van der Waals surface area (Å²) in [5.74, 6) is 0.230. The molecule has 0 aliphatic heterocycles. The van der Waals surface area contributed by atoms with Gasteiger partial charge in [0.25, 0.3) is 0 Å². The number of rotatable bonds is 9. The Labute approximate surface area is 99.5 Å². The zero-order valence-electron chi connectivity index (χ0n) is 10.7. The lowest BCUT2D eigenvalue weighted by Crippen LogP contribution is -2.52. The molecular weight excluding hydrogens is 202 g/mol. The lowest BCUT2D eigenvalue weighted by molar-refractivity contribution is 0.206. The summed E-state index contributed by atoms with van der Waals surface area (Å²) in [5, 5.41) is 0. The highest BCUT2D eigenvalue weighted by atomic mass is 15.1. The van der Waals surface area contributed by atoms with Crippen LogP contribution in [0.5, 0.6) is 0 Å². The van der Waals surface area contributed by atoms with E-state index in [1.165, 1.54) is 0 Å². The molecule has 0 heterocycles. The summed E-state index contributed by atoms with van der Waals surface area (Å²) in [6.45, 7) is 8.30. The van der Waals surface area contributed by atoms with Gasteiger partial charge >= 0.3 is 0 Å². The minimum absolute atomic E-state index is 0.0397. The molecule has 0 aromatic carbocycles. The molecule has 0 aromatic heterocycles. The van der Waals surface area contributed by atoms with Crippen LogP contribution in [0.15, 0.2) is 0 Å². The number of nitrogens with zero attached hydrogens (tertiary/aromatic N) is 1. The van der Waals surface area contributed by atoms with Crippen LogP contribution in [0, 0.1) is 5.92 Å². The molecule has 3 unspecified atom stereocenters. The van der Waals surface area contributed by atoms with Crippen molar-refractivity contribution in [2.45, 2.75) is 32.4 Å². The zero-order chi connectivity index (χ0) is 12.6. The second kappa shape index (κ2) is 8.90. The average molecular weight is 231 g/mol. The fraction of sp³-hybridized carbons (Fsp3) is 1.00. The number of hydrogen-bond acceptors (Lipinski definition) is 5. The summed E-state index contributed by atoms with van der Waals surface area (Å²) in [5.41, 5.74) is 23.3. The van der Waals surface area contributed by atoms with Gasteiger partial charge in [-0.25, -0.2) is 0 Å². The molecule has 0 spiro atoms. The van der Waals surface area contributed by atoms with Crippen molar-refractivity contribution in [3.63, 3.8) is 0 Å². The molecule has 0 radical (unpaired) electrons. The Morgan fingerprint density at radius 3 is 1.94 bits per heavy atom. The highest BCUT2D eigenvalue weighted by Crippen LogP contribution is 2.11. The van der Waals surface area contributed by atoms with Crippen LogP contribution in [-0.2, 0) is 0 Å². The SMILES string of the molecule is CCN(CC)CC(C(N)CN)C(N)CCN. The van der Waals surface area contributed by atoms with E-state index in [1.54, 1.807) is 0 Å². The van der Waals surface area contributed by atoms with Crippen molar-refractivity contribution < 1.29 is 0 Å². The van der Waals surface area contributed by atoms with E-state index in [-0.39, 0.29) is 18.0 Å². The summed E-state index contributed by atoms with van der Waals surface area (Å²) < 4.78 is 0. The summed E-state index contributed by atoms with van der Waals surface area (Å²) in [6.07, 6.45) is 0.805. The van der Waals surface area contributed by atoms with Crippen molar-refractivity contribution in [3.05, 3.63) is 0 Å². The van der Waals surface area contributed by atoms with Crippen LogP contribution in [0.3, 0.4) is 0 Å². The van der Waals surface area contributed by atoms with E-state index in [1.807, 2.05) is 0 Å². The van der Waals surface area contributed by atoms with Crippen LogP contribution in [0.2, 0.25) is 0 Å². The fourth-order valence-corrected chi connectivity index (χ4v) is 1.95. The molecule has 0 aliphatic rings. The zero-order valence-corrected chi connectivity index (χ0v) is 10.7. The van der Waals surface area contributed by atoms with Gasteiger partial charge in [-0.2, -0.15) is 0 Å². The van der Waals surface area contributed by atoms with Gasteiger partial charge in [0.1, 0.15) is 0 Å². The van der Waals surface area contributed by atoms with Crippen LogP contribution in [0.1, 0.15) is 20.3 Å². The maximum absolute atomic E-state index is 6.12. The van der Waals surface area contributed by atoms with E-state index >= 15 is 0 Å². The summed E-state index contributed by atoms with van der Waals surface area (Å²) >= 11 is 0. The summed E-state index contributed by atoms with van der Waals surface area (Å²) in [4.78, 5) is 2.33. The second-order valence-corrected chi connectivity index (χ2v) is 4.29. The Hall–Kier alpha value is -0.200.